The molecular formula is C21H22N4O4S. The molecule has 1 fully saturated rings. The Balaban J connectivity index is 1.37. The molecule has 0 unspecified atom stereocenters. The van der Waals surface area contributed by atoms with E-state index in [-0.39, 0.29) is 17.5 Å². The fourth-order valence-corrected chi connectivity index (χ4v) is 5.23. The van der Waals surface area contributed by atoms with E-state index >= 15 is 0 Å². The van der Waals surface area contributed by atoms with Gasteiger partial charge in [0.1, 0.15) is 5.82 Å². The number of piperidine rings is 1. The standard InChI is InChI=1S/C21H22N4O4S/c26-25(27)19-7-8-20-17(14-19)6-9-21(23-20)22-18-10-12-24(13-11-18)30(28,29)15-16-4-2-1-3-5-16/h1-9,14,18H,10-13,15H2,(H,22,23). The Morgan fingerprint density at radius 3 is 2.50 bits per heavy atom. The van der Waals surface area contributed by atoms with Crippen LogP contribution >= 0.6 is 0 Å². The lowest BCUT2D eigenvalue weighted by atomic mass is 10.1. The van der Waals surface area contributed by atoms with Crippen LogP contribution in [0.2, 0.25) is 0 Å². The second kappa shape index (κ2) is 8.37. The van der Waals surface area contributed by atoms with Gasteiger partial charge in [-0.3, -0.25) is 10.1 Å². The zero-order valence-electron chi connectivity index (χ0n) is 16.3. The number of fused-ring (bicyclic) bond motifs is 1. The molecule has 0 aliphatic carbocycles. The first-order chi connectivity index (χ1) is 14.4. The SMILES string of the molecule is O=[N+]([O-])c1ccc2nc(NC3CCN(S(=O)(=O)Cc4ccccc4)CC3)ccc2c1. The van der Waals surface area contributed by atoms with Crippen molar-refractivity contribution in [2.24, 2.45) is 0 Å². The van der Waals surface area contributed by atoms with Crippen molar-refractivity contribution in [1.82, 2.24) is 9.29 Å². The number of anilines is 1. The zero-order chi connectivity index (χ0) is 21.1. The van der Waals surface area contributed by atoms with Gasteiger partial charge in [0.05, 0.1) is 16.2 Å². The van der Waals surface area contributed by atoms with Crippen molar-refractivity contribution in [1.29, 1.82) is 0 Å². The van der Waals surface area contributed by atoms with Crippen LogP contribution in [0.1, 0.15) is 18.4 Å². The summed E-state index contributed by atoms with van der Waals surface area (Å²) in [6, 6.07) is 17.5. The van der Waals surface area contributed by atoms with E-state index in [1.807, 2.05) is 30.3 Å². The molecule has 1 aliphatic rings. The molecular weight excluding hydrogens is 404 g/mol. The Hall–Kier alpha value is -3.04. The van der Waals surface area contributed by atoms with Crippen molar-refractivity contribution < 1.29 is 13.3 Å². The number of nitrogens with one attached hydrogen (secondary N) is 1. The molecule has 3 aromatic rings. The Labute approximate surface area is 174 Å². The molecule has 8 nitrogen and oxygen atoms in total. The van der Waals surface area contributed by atoms with Crippen molar-refractivity contribution in [2.45, 2.75) is 24.6 Å². The zero-order valence-corrected chi connectivity index (χ0v) is 17.1. The van der Waals surface area contributed by atoms with E-state index in [1.54, 1.807) is 22.5 Å². The minimum absolute atomic E-state index is 0.0182. The Bertz CT molecular complexity index is 1160. The van der Waals surface area contributed by atoms with Gasteiger partial charge in [0, 0.05) is 36.7 Å². The molecule has 0 radical (unpaired) electrons. The lowest BCUT2D eigenvalue weighted by molar-refractivity contribution is -0.384. The van der Waals surface area contributed by atoms with E-state index in [2.05, 4.69) is 10.3 Å². The van der Waals surface area contributed by atoms with Gasteiger partial charge in [-0.25, -0.2) is 17.7 Å². The van der Waals surface area contributed by atoms with Crippen LogP contribution in [-0.4, -0.2) is 41.8 Å². The number of hydrogen-bond donors (Lipinski definition) is 1. The van der Waals surface area contributed by atoms with Crippen molar-refractivity contribution in [2.75, 3.05) is 18.4 Å². The predicted molar refractivity (Wildman–Crippen MR) is 116 cm³/mol. The second-order valence-corrected chi connectivity index (χ2v) is 9.36. The number of pyridine rings is 1. The van der Waals surface area contributed by atoms with Gasteiger partial charge >= 0.3 is 0 Å². The smallest absolute Gasteiger partial charge is 0.270 e. The third kappa shape index (κ3) is 4.58. The fraction of sp³-hybridized carbons (Fsp3) is 0.286. The minimum atomic E-state index is -3.34. The third-order valence-corrected chi connectivity index (χ3v) is 7.12. The third-order valence-electron chi connectivity index (χ3n) is 5.27. The normalized spacial score (nSPS) is 15.9. The van der Waals surface area contributed by atoms with E-state index in [0.29, 0.717) is 42.7 Å². The van der Waals surface area contributed by atoms with Gasteiger partial charge in [0.25, 0.3) is 5.69 Å². The summed E-state index contributed by atoms with van der Waals surface area (Å²) in [5.74, 6) is 0.701. The molecule has 156 valence electrons. The highest BCUT2D eigenvalue weighted by Crippen LogP contribution is 2.23. The minimum Gasteiger partial charge on any atom is -0.367 e. The number of benzene rings is 2. The highest BCUT2D eigenvalue weighted by Gasteiger charge is 2.28. The molecule has 1 saturated heterocycles. The Kier molecular flexibility index (Phi) is 5.65. The first kappa shape index (κ1) is 20.2. The molecule has 9 heteroatoms. The van der Waals surface area contributed by atoms with Crippen molar-refractivity contribution in [3.05, 3.63) is 76.3 Å². The number of aromatic nitrogens is 1. The van der Waals surface area contributed by atoms with Crippen LogP contribution in [0.25, 0.3) is 10.9 Å². The van der Waals surface area contributed by atoms with Gasteiger partial charge in [-0.15, -0.1) is 0 Å². The number of non-ortho nitro benzene ring substituents is 1. The lowest BCUT2D eigenvalue weighted by Crippen LogP contribution is -2.42. The van der Waals surface area contributed by atoms with E-state index in [4.69, 9.17) is 0 Å². The summed E-state index contributed by atoms with van der Waals surface area (Å²) in [4.78, 5) is 15.0. The van der Waals surface area contributed by atoms with E-state index in [1.165, 1.54) is 12.1 Å². The number of nitro benzene ring substituents is 1. The van der Waals surface area contributed by atoms with Crippen molar-refractivity contribution in [3.8, 4) is 0 Å². The molecule has 0 saturated carbocycles. The maximum atomic E-state index is 12.7. The average molecular weight is 426 g/mol. The molecule has 4 rings (SSSR count). The van der Waals surface area contributed by atoms with E-state index in [0.717, 1.165) is 5.56 Å². The van der Waals surface area contributed by atoms with Crippen LogP contribution in [0.3, 0.4) is 0 Å². The van der Waals surface area contributed by atoms with Gasteiger partial charge in [0.2, 0.25) is 10.0 Å². The molecule has 30 heavy (non-hydrogen) atoms. The van der Waals surface area contributed by atoms with Crippen LogP contribution in [-0.2, 0) is 15.8 Å². The van der Waals surface area contributed by atoms with E-state index < -0.39 is 14.9 Å². The number of nitrogens with zero attached hydrogens (tertiary/aromatic N) is 3. The number of rotatable bonds is 6. The summed E-state index contributed by atoms with van der Waals surface area (Å²) >= 11 is 0. The van der Waals surface area contributed by atoms with Crippen LogP contribution in [0, 0.1) is 10.1 Å². The van der Waals surface area contributed by atoms with Crippen LogP contribution in [0.15, 0.2) is 60.7 Å². The summed E-state index contributed by atoms with van der Waals surface area (Å²) in [5, 5.41) is 15.0. The molecule has 1 N–H and O–H groups in total. The van der Waals surface area contributed by atoms with Gasteiger partial charge in [0.15, 0.2) is 0 Å². The highest BCUT2D eigenvalue weighted by atomic mass is 32.2. The van der Waals surface area contributed by atoms with Gasteiger partial charge in [-0.05, 0) is 36.6 Å². The molecule has 0 bridgehead atoms. The molecule has 2 heterocycles. The predicted octanol–water partition coefficient (Wildman–Crippen LogP) is 3.55. The average Bonchev–Trinajstić information content (AvgIpc) is 2.74. The maximum Gasteiger partial charge on any atom is 0.270 e. The highest BCUT2D eigenvalue weighted by molar-refractivity contribution is 7.88. The number of nitro groups is 1. The first-order valence-electron chi connectivity index (χ1n) is 9.74. The van der Waals surface area contributed by atoms with Gasteiger partial charge in [-0.1, -0.05) is 30.3 Å². The Morgan fingerprint density at radius 2 is 1.80 bits per heavy atom. The fourth-order valence-electron chi connectivity index (χ4n) is 3.67. The largest absolute Gasteiger partial charge is 0.367 e. The molecule has 0 spiro atoms. The summed E-state index contributed by atoms with van der Waals surface area (Å²) in [6.07, 6.45) is 1.38. The van der Waals surface area contributed by atoms with E-state index in [9.17, 15) is 18.5 Å². The first-order valence-corrected chi connectivity index (χ1v) is 11.4. The topological polar surface area (TPSA) is 105 Å². The quantitative estimate of drug-likeness (QED) is 0.477. The molecule has 0 amide bonds. The Morgan fingerprint density at radius 1 is 1.07 bits per heavy atom. The maximum absolute atomic E-state index is 12.7. The van der Waals surface area contributed by atoms with Gasteiger partial charge in [-0.2, -0.15) is 0 Å². The second-order valence-electron chi connectivity index (χ2n) is 7.39. The van der Waals surface area contributed by atoms with Crippen molar-refractivity contribution in [3.63, 3.8) is 0 Å². The lowest BCUT2D eigenvalue weighted by Gasteiger charge is -2.32. The monoisotopic (exact) mass is 426 g/mol. The molecule has 2 aromatic carbocycles. The van der Waals surface area contributed by atoms with Crippen LogP contribution in [0.4, 0.5) is 11.5 Å². The van der Waals surface area contributed by atoms with Crippen LogP contribution in [0.5, 0.6) is 0 Å². The summed E-state index contributed by atoms with van der Waals surface area (Å²) in [7, 11) is -3.34. The summed E-state index contributed by atoms with van der Waals surface area (Å²) in [5.41, 5.74) is 1.50. The summed E-state index contributed by atoms with van der Waals surface area (Å²) in [6.45, 7) is 0.930. The number of hydrogen-bond acceptors (Lipinski definition) is 6. The molecule has 1 aromatic heterocycles. The van der Waals surface area contributed by atoms with Gasteiger partial charge < -0.3 is 5.32 Å². The molecule has 1 aliphatic heterocycles. The van der Waals surface area contributed by atoms with Crippen LogP contribution < -0.4 is 5.32 Å². The summed E-state index contributed by atoms with van der Waals surface area (Å²) < 4.78 is 26.9. The number of sulfonamides is 1. The molecule has 0 atom stereocenters. The van der Waals surface area contributed by atoms with Crippen molar-refractivity contribution >= 4 is 32.4 Å².